The number of anilines is 1. The Morgan fingerprint density at radius 2 is 1.19 bits per heavy atom. The molecule has 1 aliphatic rings. The highest BCUT2D eigenvalue weighted by molar-refractivity contribution is 7.66. The fourth-order valence-electron chi connectivity index (χ4n) is 4.31. The molecule has 2 heteroatoms. The smallest absolute Gasteiger partial charge is 0.0400 e. The van der Waals surface area contributed by atoms with Crippen LogP contribution >= 0.6 is 7.92 Å². The second kappa shape index (κ2) is 6.41. The maximum absolute atomic E-state index is 6.58. The number of rotatable bonds is 2. The molecule has 5 rings (SSSR count). The summed E-state index contributed by atoms with van der Waals surface area (Å²) in [7, 11) is -0.0812. The van der Waals surface area contributed by atoms with Gasteiger partial charge in [0.1, 0.15) is 0 Å². The number of hydrogen-bond acceptors (Lipinski definition) is 1. The minimum Gasteiger partial charge on any atom is -0.398 e. The molecule has 0 unspecified atom stereocenters. The Balaban J connectivity index is 1.92. The quantitative estimate of drug-likeness (QED) is 0.339. The van der Waals surface area contributed by atoms with Crippen LogP contribution < -0.4 is 11.0 Å². The Labute approximate surface area is 155 Å². The lowest BCUT2D eigenvalue weighted by molar-refractivity contribution is 0.949. The highest BCUT2D eigenvalue weighted by atomic mass is 31.1. The maximum Gasteiger partial charge on any atom is 0.0400 e. The van der Waals surface area contributed by atoms with Crippen LogP contribution in [0.5, 0.6) is 0 Å². The van der Waals surface area contributed by atoms with Crippen molar-refractivity contribution >= 4 is 40.5 Å². The number of fused-ring (bicyclic) bond motifs is 2. The molecule has 0 aromatic heterocycles. The minimum atomic E-state index is -0.0812. The molecule has 1 saturated heterocycles. The van der Waals surface area contributed by atoms with Crippen molar-refractivity contribution in [1.82, 2.24) is 0 Å². The summed E-state index contributed by atoms with van der Waals surface area (Å²) < 4.78 is 0. The van der Waals surface area contributed by atoms with Crippen LogP contribution in [-0.2, 0) is 0 Å². The third-order valence-electron chi connectivity index (χ3n) is 5.57. The van der Waals surface area contributed by atoms with Gasteiger partial charge in [0.05, 0.1) is 0 Å². The largest absolute Gasteiger partial charge is 0.398 e. The molecule has 1 aliphatic heterocycles. The number of benzene rings is 4. The van der Waals surface area contributed by atoms with E-state index in [1.807, 2.05) is 0 Å². The predicted octanol–water partition coefficient (Wildman–Crippen LogP) is 6.14. The van der Waals surface area contributed by atoms with E-state index in [1.165, 1.54) is 57.8 Å². The van der Waals surface area contributed by atoms with Crippen molar-refractivity contribution in [3.05, 3.63) is 72.8 Å². The SMILES string of the molecule is Nc1ccc2ccccc2c1-c1c(P2CCCC2)ccc2ccccc12. The molecule has 1 nitrogen and oxygen atoms in total. The van der Waals surface area contributed by atoms with E-state index in [0.29, 0.717) is 0 Å². The second-order valence-corrected chi connectivity index (χ2v) is 9.58. The fourth-order valence-corrected chi connectivity index (χ4v) is 7.06. The first-order valence-electron chi connectivity index (χ1n) is 9.37. The molecule has 4 aromatic rings. The van der Waals surface area contributed by atoms with E-state index in [0.717, 1.165) is 5.69 Å². The van der Waals surface area contributed by atoms with E-state index in [-0.39, 0.29) is 7.92 Å². The predicted molar refractivity (Wildman–Crippen MR) is 117 cm³/mol. The molecule has 0 bridgehead atoms. The molecule has 0 radical (unpaired) electrons. The van der Waals surface area contributed by atoms with Crippen molar-refractivity contribution < 1.29 is 0 Å². The molecule has 0 saturated carbocycles. The van der Waals surface area contributed by atoms with Crippen molar-refractivity contribution in [3.63, 3.8) is 0 Å². The Kier molecular flexibility index (Phi) is 3.91. The topological polar surface area (TPSA) is 26.0 Å². The summed E-state index contributed by atoms with van der Waals surface area (Å²) in [5.41, 5.74) is 10.1. The molecule has 128 valence electrons. The van der Waals surface area contributed by atoms with Crippen molar-refractivity contribution in [2.75, 3.05) is 18.1 Å². The van der Waals surface area contributed by atoms with Gasteiger partial charge in [0.25, 0.3) is 0 Å². The first kappa shape index (κ1) is 15.9. The second-order valence-electron chi connectivity index (χ2n) is 7.13. The lowest BCUT2D eigenvalue weighted by atomic mass is 9.92. The molecule has 2 N–H and O–H groups in total. The highest BCUT2D eigenvalue weighted by Gasteiger charge is 2.23. The fraction of sp³-hybridized carbons (Fsp3) is 0.167. The van der Waals surface area contributed by atoms with E-state index in [4.69, 9.17) is 5.73 Å². The molecule has 0 atom stereocenters. The van der Waals surface area contributed by atoms with E-state index in [2.05, 4.69) is 72.8 Å². The van der Waals surface area contributed by atoms with Crippen LogP contribution in [0.1, 0.15) is 12.8 Å². The first-order chi connectivity index (χ1) is 12.8. The van der Waals surface area contributed by atoms with Crippen molar-refractivity contribution in [3.8, 4) is 11.1 Å². The molecule has 4 aromatic carbocycles. The zero-order valence-corrected chi connectivity index (χ0v) is 15.7. The van der Waals surface area contributed by atoms with Gasteiger partial charge in [0.15, 0.2) is 0 Å². The van der Waals surface area contributed by atoms with Gasteiger partial charge in [0, 0.05) is 11.3 Å². The number of nitrogen functional groups attached to an aromatic ring is 1. The van der Waals surface area contributed by atoms with Crippen LogP contribution in [0, 0.1) is 0 Å². The first-order valence-corrected chi connectivity index (χ1v) is 11.1. The monoisotopic (exact) mass is 355 g/mol. The van der Waals surface area contributed by atoms with Crippen LogP contribution in [0.2, 0.25) is 0 Å². The van der Waals surface area contributed by atoms with Crippen LogP contribution in [-0.4, -0.2) is 12.3 Å². The summed E-state index contributed by atoms with van der Waals surface area (Å²) in [4.78, 5) is 0. The normalized spacial score (nSPS) is 15.1. The Bertz CT molecular complexity index is 1110. The highest BCUT2D eigenvalue weighted by Crippen LogP contribution is 2.48. The van der Waals surface area contributed by atoms with Gasteiger partial charge in [-0.25, -0.2) is 0 Å². The average Bonchev–Trinajstić information content (AvgIpc) is 3.22. The molecule has 0 spiro atoms. The van der Waals surface area contributed by atoms with Gasteiger partial charge >= 0.3 is 0 Å². The van der Waals surface area contributed by atoms with E-state index in [9.17, 15) is 0 Å². The zero-order valence-electron chi connectivity index (χ0n) is 14.8. The third-order valence-corrected chi connectivity index (χ3v) is 8.33. The molecule has 1 heterocycles. The maximum atomic E-state index is 6.58. The summed E-state index contributed by atoms with van der Waals surface area (Å²) in [6, 6.07) is 26.3. The van der Waals surface area contributed by atoms with Crippen LogP contribution in [0.3, 0.4) is 0 Å². The Morgan fingerprint density at radius 3 is 1.88 bits per heavy atom. The summed E-state index contributed by atoms with van der Waals surface area (Å²) in [6.07, 6.45) is 5.43. The molecule has 0 amide bonds. The van der Waals surface area contributed by atoms with Gasteiger partial charge in [-0.2, -0.15) is 0 Å². The standard InChI is InChI=1S/C24H22NP/c25-21-13-11-17-7-1-3-9-19(17)23(21)24-20-10-4-2-8-18(20)12-14-22(24)26-15-5-6-16-26/h1-4,7-14H,5-6,15-16,25H2. The van der Waals surface area contributed by atoms with E-state index in [1.54, 1.807) is 5.30 Å². The average molecular weight is 355 g/mol. The van der Waals surface area contributed by atoms with Crippen molar-refractivity contribution in [2.45, 2.75) is 12.8 Å². The summed E-state index contributed by atoms with van der Waals surface area (Å²) >= 11 is 0. The Hall–Kier alpha value is -2.37. The van der Waals surface area contributed by atoms with Gasteiger partial charge < -0.3 is 5.73 Å². The van der Waals surface area contributed by atoms with Crippen LogP contribution in [0.4, 0.5) is 5.69 Å². The van der Waals surface area contributed by atoms with Crippen LogP contribution in [0.15, 0.2) is 72.8 Å². The number of nitrogens with two attached hydrogens (primary N) is 1. The molecule has 26 heavy (non-hydrogen) atoms. The van der Waals surface area contributed by atoms with Crippen molar-refractivity contribution in [2.24, 2.45) is 0 Å². The summed E-state index contributed by atoms with van der Waals surface area (Å²) in [5.74, 6) is 0. The minimum absolute atomic E-state index is 0.0812. The molecular weight excluding hydrogens is 333 g/mol. The zero-order chi connectivity index (χ0) is 17.5. The summed E-state index contributed by atoms with van der Waals surface area (Å²) in [6.45, 7) is 0. The number of hydrogen-bond donors (Lipinski definition) is 1. The third kappa shape index (κ3) is 2.50. The van der Waals surface area contributed by atoms with Gasteiger partial charge in [-0.3, -0.25) is 0 Å². The molecular formula is C24H22NP. The Morgan fingerprint density at radius 1 is 0.615 bits per heavy atom. The van der Waals surface area contributed by atoms with Gasteiger partial charge in [-0.1, -0.05) is 74.7 Å². The lowest BCUT2D eigenvalue weighted by Crippen LogP contribution is -2.09. The van der Waals surface area contributed by atoms with Gasteiger partial charge in [-0.05, 0) is 63.6 Å². The van der Waals surface area contributed by atoms with Crippen LogP contribution in [0.25, 0.3) is 32.7 Å². The lowest BCUT2D eigenvalue weighted by Gasteiger charge is -2.21. The van der Waals surface area contributed by atoms with E-state index < -0.39 is 0 Å². The summed E-state index contributed by atoms with van der Waals surface area (Å²) in [5, 5.41) is 6.70. The van der Waals surface area contributed by atoms with Gasteiger partial charge in [-0.15, -0.1) is 0 Å². The molecule has 1 fully saturated rings. The van der Waals surface area contributed by atoms with E-state index >= 15 is 0 Å². The molecule has 0 aliphatic carbocycles. The van der Waals surface area contributed by atoms with Crippen molar-refractivity contribution in [1.29, 1.82) is 0 Å². The van der Waals surface area contributed by atoms with Gasteiger partial charge in [0.2, 0.25) is 0 Å².